The molecule has 2 amide bonds. The SMILES string of the molecule is Cc1cc(CSc2ccccc2C(=O)NCc2cccc(C(=O)NCc3ccco3)c2)on1. The first-order chi connectivity index (χ1) is 16.1. The molecule has 2 aromatic heterocycles. The van der Waals surface area contributed by atoms with E-state index in [9.17, 15) is 9.59 Å². The van der Waals surface area contributed by atoms with Crippen LogP contribution in [0.3, 0.4) is 0 Å². The maximum Gasteiger partial charge on any atom is 0.252 e. The summed E-state index contributed by atoms with van der Waals surface area (Å²) < 4.78 is 10.5. The highest BCUT2D eigenvalue weighted by Gasteiger charge is 2.13. The molecule has 0 aliphatic rings. The van der Waals surface area contributed by atoms with Crippen molar-refractivity contribution < 1.29 is 18.5 Å². The molecule has 4 rings (SSSR count). The smallest absolute Gasteiger partial charge is 0.252 e. The molecule has 0 saturated carbocycles. The fourth-order valence-corrected chi connectivity index (χ4v) is 4.12. The first-order valence-corrected chi connectivity index (χ1v) is 11.4. The Labute approximate surface area is 195 Å². The van der Waals surface area contributed by atoms with Gasteiger partial charge in [-0.15, -0.1) is 11.8 Å². The zero-order valence-corrected chi connectivity index (χ0v) is 18.9. The summed E-state index contributed by atoms with van der Waals surface area (Å²) in [6.45, 7) is 2.49. The highest BCUT2D eigenvalue weighted by Crippen LogP contribution is 2.26. The van der Waals surface area contributed by atoms with Crippen LogP contribution in [-0.4, -0.2) is 17.0 Å². The topological polar surface area (TPSA) is 97.4 Å². The van der Waals surface area contributed by atoms with Gasteiger partial charge in [-0.25, -0.2) is 0 Å². The zero-order chi connectivity index (χ0) is 23.0. The van der Waals surface area contributed by atoms with Crippen molar-refractivity contribution in [3.05, 3.63) is 107 Å². The van der Waals surface area contributed by atoms with Gasteiger partial charge >= 0.3 is 0 Å². The number of carbonyl (C=O) groups excluding carboxylic acids is 2. The van der Waals surface area contributed by atoms with Gasteiger partial charge in [0.1, 0.15) is 11.5 Å². The Balaban J connectivity index is 1.35. The van der Waals surface area contributed by atoms with E-state index in [2.05, 4.69) is 15.8 Å². The van der Waals surface area contributed by atoms with Crippen molar-refractivity contribution in [1.82, 2.24) is 15.8 Å². The third-order valence-electron chi connectivity index (χ3n) is 4.82. The number of amides is 2. The number of hydrogen-bond donors (Lipinski definition) is 2. The van der Waals surface area contributed by atoms with Gasteiger partial charge in [-0.1, -0.05) is 29.4 Å². The van der Waals surface area contributed by atoms with Crippen LogP contribution in [0.5, 0.6) is 0 Å². The molecule has 0 saturated heterocycles. The molecule has 2 aromatic carbocycles. The number of aromatic nitrogens is 1. The summed E-state index contributed by atoms with van der Waals surface area (Å²) in [5, 5.41) is 9.66. The number of rotatable bonds is 9. The number of nitrogens with one attached hydrogen (secondary N) is 2. The minimum atomic E-state index is -0.205. The quantitative estimate of drug-likeness (QED) is 0.350. The summed E-state index contributed by atoms with van der Waals surface area (Å²) in [4.78, 5) is 26.1. The largest absolute Gasteiger partial charge is 0.467 e. The molecular formula is C25H23N3O4S. The molecule has 2 N–H and O–H groups in total. The number of hydrogen-bond acceptors (Lipinski definition) is 6. The van der Waals surface area contributed by atoms with Gasteiger partial charge in [0.05, 0.1) is 29.8 Å². The van der Waals surface area contributed by atoms with Crippen LogP contribution in [0.2, 0.25) is 0 Å². The maximum atomic E-state index is 12.9. The lowest BCUT2D eigenvalue weighted by atomic mass is 10.1. The first kappa shape index (κ1) is 22.4. The standard InChI is InChI=1S/C25H23N3O4S/c1-17-12-21(32-28-17)16-33-23-10-3-2-9-22(23)25(30)26-14-18-6-4-7-19(13-18)24(29)27-15-20-8-5-11-31-20/h2-13H,14-16H2,1H3,(H,26,30)(H,27,29). The molecule has 7 nitrogen and oxygen atoms in total. The Morgan fingerprint density at radius 3 is 2.55 bits per heavy atom. The Morgan fingerprint density at radius 2 is 1.76 bits per heavy atom. The van der Waals surface area contributed by atoms with E-state index in [1.54, 1.807) is 42.7 Å². The van der Waals surface area contributed by atoms with Gasteiger partial charge in [-0.05, 0) is 48.9 Å². The van der Waals surface area contributed by atoms with Crippen molar-refractivity contribution in [3.63, 3.8) is 0 Å². The summed E-state index contributed by atoms with van der Waals surface area (Å²) >= 11 is 1.52. The van der Waals surface area contributed by atoms with Gasteiger partial charge in [-0.3, -0.25) is 9.59 Å². The van der Waals surface area contributed by atoms with Crippen molar-refractivity contribution in [2.75, 3.05) is 0 Å². The summed E-state index contributed by atoms with van der Waals surface area (Å²) in [7, 11) is 0. The molecule has 168 valence electrons. The highest BCUT2D eigenvalue weighted by atomic mass is 32.2. The van der Waals surface area contributed by atoms with Gasteiger partial charge in [-0.2, -0.15) is 0 Å². The Bertz CT molecular complexity index is 1230. The number of nitrogens with zero attached hydrogens (tertiary/aromatic N) is 1. The minimum Gasteiger partial charge on any atom is -0.467 e. The number of thioether (sulfide) groups is 1. The first-order valence-electron chi connectivity index (χ1n) is 10.4. The molecule has 2 heterocycles. The van der Waals surface area contributed by atoms with E-state index in [4.69, 9.17) is 8.94 Å². The van der Waals surface area contributed by atoms with E-state index >= 15 is 0 Å². The molecule has 0 aliphatic carbocycles. The third kappa shape index (κ3) is 6.14. The molecule has 0 spiro atoms. The second kappa shape index (κ2) is 10.7. The van der Waals surface area contributed by atoms with Crippen LogP contribution in [0.25, 0.3) is 0 Å². The Morgan fingerprint density at radius 1 is 0.909 bits per heavy atom. The Hall–Kier alpha value is -3.78. The van der Waals surface area contributed by atoms with Crippen LogP contribution >= 0.6 is 11.8 Å². The predicted molar refractivity (Wildman–Crippen MR) is 125 cm³/mol. The van der Waals surface area contributed by atoms with Crippen LogP contribution in [0, 0.1) is 6.92 Å². The van der Waals surface area contributed by atoms with Crippen LogP contribution < -0.4 is 10.6 Å². The molecule has 8 heteroatoms. The lowest BCUT2D eigenvalue weighted by Crippen LogP contribution is -2.24. The second-order valence-corrected chi connectivity index (χ2v) is 8.38. The number of benzene rings is 2. The second-order valence-electron chi connectivity index (χ2n) is 7.36. The van der Waals surface area contributed by atoms with Gasteiger partial charge in [0.25, 0.3) is 11.8 Å². The Kier molecular flexibility index (Phi) is 7.26. The van der Waals surface area contributed by atoms with E-state index in [1.165, 1.54) is 11.8 Å². The fourth-order valence-electron chi connectivity index (χ4n) is 3.20. The van der Waals surface area contributed by atoms with Crippen LogP contribution in [-0.2, 0) is 18.8 Å². The summed E-state index contributed by atoms with van der Waals surface area (Å²) in [6.07, 6.45) is 1.57. The van der Waals surface area contributed by atoms with Crippen molar-refractivity contribution in [2.45, 2.75) is 30.7 Å². The molecule has 33 heavy (non-hydrogen) atoms. The lowest BCUT2D eigenvalue weighted by Gasteiger charge is -2.10. The summed E-state index contributed by atoms with van der Waals surface area (Å²) in [6, 6.07) is 20.1. The number of aryl methyl sites for hydroxylation is 1. The van der Waals surface area contributed by atoms with Crippen molar-refractivity contribution in [1.29, 1.82) is 0 Å². The number of furan rings is 1. The van der Waals surface area contributed by atoms with Crippen molar-refractivity contribution >= 4 is 23.6 Å². The van der Waals surface area contributed by atoms with E-state index in [-0.39, 0.29) is 11.8 Å². The molecular weight excluding hydrogens is 438 g/mol. The third-order valence-corrected chi connectivity index (χ3v) is 5.92. The van der Waals surface area contributed by atoms with E-state index in [0.717, 1.165) is 21.9 Å². The molecule has 4 aromatic rings. The number of carbonyl (C=O) groups is 2. The van der Waals surface area contributed by atoms with Gasteiger partial charge in [0, 0.05) is 23.1 Å². The van der Waals surface area contributed by atoms with Gasteiger partial charge < -0.3 is 19.6 Å². The fraction of sp³-hybridized carbons (Fsp3) is 0.160. The highest BCUT2D eigenvalue weighted by molar-refractivity contribution is 7.98. The molecule has 0 fully saturated rings. The maximum absolute atomic E-state index is 12.9. The zero-order valence-electron chi connectivity index (χ0n) is 18.0. The van der Waals surface area contributed by atoms with E-state index in [1.807, 2.05) is 37.3 Å². The van der Waals surface area contributed by atoms with E-state index in [0.29, 0.717) is 35.7 Å². The predicted octanol–water partition coefficient (Wildman–Crippen LogP) is 4.73. The molecule has 0 bridgehead atoms. The minimum absolute atomic E-state index is 0.181. The average molecular weight is 462 g/mol. The lowest BCUT2D eigenvalue weighted by molar-refractivity contribution is 0.0942. The molecule has 0 unspecified atom stereocenters. The van der Waals surface area contributed by atoms with Crippen LogP contribution in [0.1, 0.15) is 43.5 Å². The van der Waals surface area contributed by atoms with Crippen molar-refractivity contribution in [3.8, 4) is 0 Å². The van der Waals surface area contributed by atoms with Crippen LogP contribution in [0.4, 0.5) is 0 Å². The summed E-state index contributed by atoms with van der Waals surface area (Å²) in [5.74, 6) is 1.64. The van der Waals surface area contributed by atoms with Gasteiger partial charge in [0.15, 0.2) is 0 Å². The normalized spacial score (nSPS) is 10.7. The van der Waals surface area contributed by atoms with E-state index < -0.39 is 0 Å². The molecule has 0 atom stereocenters. The van der Waals surface area contributed by atoms with Crippen LogP contribution in [0.15, 0.2) is 86.8 Å². The van der Waals surface area contributed by atoms with Crippen molar-refractivity contribution in [2.24, 2.45) is 0 Å². The molecule has 0 aliphatic heterocycles. The summed E-state index contributed by atoms with van der Waals surface area (Å²) in [5.41, 5.74) is 2.77. The monoisotopic (exact) mass is 461 g/mol. The molecule has 0 radical (unpaired) electrons. The van der Waals surface area contributed by atoms with Gasteiger partial charge in [0.2, 0.25) is 0 Å². The average Bonchev–Trinajstić information content (AvgIpc) is 3.51.